The van der Waals surface area contributed by atoms with Gasteiger partial charge in [-0.15, -0.1) is 0 Å². The van der Waals surface area contributed by atoms with Crippen molar-refractivity contribution in [3.63, 3.8) is 0 Å². The lowest BCUT2D eigenvalue weighted by Gasteiger charge is -1.97. The molecule has 58 valence electrons. The van der Waals surface area contributed by atoms with Gasteiger partial charge in [-0.1, -0.05) is 19.4 Å². The van der Waals surface area contributed by atoms with Crippen LogP contribution in [0, 0.1) is 0 Å². The van der Waals surface area contributed by atoms with Crippen LogP contribution in [0.1, 0.15) is 26.7 Å². The number of amides is 1. The third kappa shape index (κ3) is 3.28. The highest BCUT2D eigenvalue weighted by Crippen LogP contribution is 1.96. The monoisotopic (exact) mass is 141 g/mol. The molecule has 0 fully saturated rings. The van der Waals surface area contributed by atoms with Gasteiger partial charge >= 0.3 is 0 Å². The Bertz CT molecular complexity index is 138. The fourth-order valence-electron chi connectivity index (χ4n) is 0.651. The van der Waals surface area contributed by atoms with Gasteiger partial charge in [0.15, 0.2) is 0 Å². The molecule has 2 nitrogen and oxygen atoms in total. The van der Waals surface area contributed by atoms with Crippen LogP contribution in [-0.2, 0) is 4.79 Å². The molecule has 10 heavy (non-hydrogen) atoms. The van der Waals surface area contributed by atoms with Gasteiger partial charge in [-0.3, -0.25) is 4.79 Å². The Morgan fingerprint density at radius 2 is 2.20 bits per heavy atom. The summed E-state index contributed by atoms with van der Waals surface area (Å²) in [5.74, 6) is 0.0217. The predicted octanol–water partition coefficient (Wildman–Crippen LogP) is 1.48. The van der Waals surface area contributed by atoms with Crippen LogP contribution < -0.4 is 5.32 Å². The van der Waals surface area contributed by atoms with Crippen molar-refractivity contribution < 1.29 is 4.79 Å². The number of carbonyl (C=O) groups excluding carboxylic acids is 1. The minimum absolute atomic E-state index is 0.0217. The van der Waals surface area contributed by atoms with Crippen LogP contribution >= 0.6 is 0 Å². The zero-order valence-corrected chi connectivity index (χ0v) is 6.90. The zero-order chi connectivity index (χ0) is 7.98. The number of rotatable bonds is 3. The van der Waals surface area contributed by atoms with E-state index in [9.17, 15) is 4.79 Å². The third-order valence-corrected chi connectivity index (χ3v) is 1.32. The molecule has 0 saturated carbocycles. The molecule has 0 bridgehead atoms. The van der Waals surface area contributed by atoms with E-state index in [1.807, 2.05) is 13.0 Å². The lowest BCUT2D eigenvalue weighted by atomic mass is 10.2. The van der Waals surface area contributed by atoms with Crippen LogP contribution in [-0.4, -0.2) is 13.0 Å². The van der Waals surface area contributed by atoms with Crippen LogP contribution in [0.3, 0.4) is 0 Å². The van der Waals surface area contributed by atoms with Crippen molar-refractivity contribution in [1.82, 2.24) is 5.32 Å². The van der Waals surface area contributed by atoms with Crippen molar-refractivity contribution in [3.05, 3.63) is 11.6 Å². The maximum Gasteiger partial charge on any atom is 0.246 e. The van der Waals surface area contributed by atoms with Gasteiger partial charge in [0.25, 0.3) is 0 Å². The Kier molecular flexibility index (Phi) is 4.63. The van der Waals surface area contributed by atoms with Gasteiger partial charge in [0.1, 0.15) is 0 Å². The van der Waals surface area contributed by atoms with Gasteiger partial charge in [0, 0.05) is 12.6 Å². The molecule has 0 aliphatic rings. The SMILES string of the molecule is CCC/C=C(\C)C(=O)NC. The lowest BCUT2D eigenvalue weighted by molar-refractivity contribution is -0.117. The van der Waals surface area contributed by atoms with E-state index in [2.05, 4.69) is 12.2 Å². The number of hydrogen-bond acceptors (Lipinski definition) is 1. The highest BCUT2D eigenvalue weighted by molar-refractivity contribution is 5.92. The highest BCUT2D eigenvalue weighted by atomic mass is 16.1. The van der Waals surface area contributed by atoms with Crippen LogP contribution in [0.15, 0.2) is 11.6 Å². The van der Waals surface area contributed by atoms with Crippen LogP contribution in [0.5, 0.6) is 0 Å². The fourth-order valence-corrected chi connectivity index (χ4v) is 0.651. The van der Waals surface area contributed by atoms with E-state index in [0.29, 0.717) is 0 Å². The maximum absolute atomic E-state index is 10.8. The molecule has 0 radical (unpaired) electrons. The van der Waals surface area contributed by atoms with Crippen LogP contribution in [0.25, 0.3) is 0 Å². The van der Waals surface area contributed by atoms with Crippen molar-refractivity contribution in [2.45, 2.75) is 26.7 Å². The van der Waals surface area contributed by atoms with Crippen molar-refractivity contribution >= 4 is 5.91 Å². The molecule has 0 rings (SSSR count). The smallest absolute Gasteiger partial charge is 0.246 e. The molecule has 0 spiro atoms. The first-order chi connectivity index (χ1) is 4.72. The molecule has 0 aliphatic carbocycles. The molecule has 0 aromatic carbocycles. The third-order valence-electron chi connectivity index (χ3n) is 1.32. The first-order valence-corrected chi connectivity index (χ1v) is 3.61. The Balaban J connectivity index is 3.80. The number of likely N-dealkylation sites (N-methyl/N-ethyl adjacent to an activating group) is 1. The zero-order valence-electron chi connectivity index (χ0n) is 6.90. The molecule has 2 heteroatoms. The Morgan fingerprint density at radius 3 is 2.60 bits per heavy atom. The van der Waals surface area contributed by atoms with Gasteiger partial charge in [0.2, 0.25) is 5.91 Å². The Hall–Kier alpha value is -0.790. The summed E-state index contributed by atoms with van der Waals surface area (Å²) < 4.78 is 0. The van der Waals surface area contributed by atoms with Gasteiger partial charge < -0.3 is 5.32 Å². The minimum Gasteiger partial charge on any atom is -0.355 e. The first kappa shape index (κ1) is 9.21. The first-order valence-electron chi connectivity index (χ1n) is 3.61. The van der Waals surface area contributed by atoms with Crippen molar-refractivity contribution in [2.75, 3.05) is 7.05 Å². The Morgan fingerprint density at radius 1 is 1.60 bits per heavy atom. The molecule has 1 amide bonds. The van der Waals surface area contributed by atoms with Crippen molar-refractivity contribution in [2.24, 2.45) is 0 Å². The molecular weight excluding hydrogens is 126 g/mol. The maximum atomic E-state index is 10.8. The van der Waals surface area contributed by atoms with Gasteiger partial charge in [0.05, 0.1) is 0 Å². The number of allylic oxidation sites excluding steroid dienone is 1. The summed E-state index contributed by atoms with van der Waals surface area (Å²) in [6.07, 6.45) is 4.03. The number of hydrogen-bond donors (Lipinski definition) is 1. The average molecular weight is 141 g/mol. The number of carbonyl (C=O) groups is 1. The molecule has 1 N–H and O–H groups in total. The fraction of sp³-hybridized carbons (Fsp3) is 0.625. The Labute approximate surface area is 62.3 Å². The van der Waals surface area contributed by atoms with Gasteiger partial charge in [-0.25, -0.2) is 0 Å². The second-order valence-electron chi connectivity index (χ2n) is 2.25. The molecule has 0 atom stereocenters. The summed E-state index contributed by atoms with van der Waals surface area (Å²) in [6.45, 7) is 3.92. The normalized spacial score (nSPS) is 11.3. The highest BCUT2D eigenvalue weighted by Gasteiger charge is 1.97. The molecule has 0 heterocycles. The summed E-state index contributed by atoms with van der Waals surface area (Å²) in [4.78, 5) is 10.8. The summed E-state index contributed by atoms with van der Waals surface area (Å²) >= 11 is 0. The minimum atomic E-state index is 0.0217. The van der Waals surface area contributed by atoms with E-state index in [1.54, 1.807) is 7.05 Å². The lowest BCUT2D eigenvalue weighted by Crippen LogP contribution is -2.18. The molecule has 0 saturated heterocycles. The van der Waals surface area contributed by atoms with E-state index >= 15 is 0 Å². The van der Waals surface area contributed by atoms with Gasteiger partial charge in [-0.2, -0.15) is 0 Å². The molecule has 0 aliphatic heterocycles. The summed E-state index contributed by atoms with van der Waals surface area (Å²) in [5, 5.41) is 2.57. The largest absolute Gasteiger partial charge is 0.355 e. The van der Waals surface area contributed by atoms with E-state index in [1.165, 1.54) is 0 Å². The number of nitrogens with one attached hydrogen (secondary N) is 1. The summed E-state index contributed by atoms with van der Waals surface area (Å²) in [5.41, 5.74) is 0.810. The second kappa shape index (κ2) is 5.03. The molecular formula is C8H15NO. The summed E-state index contributed by atoms with van der Waals surface area (Å²) in [6, 6.07) is 0. The summed E-state index contributed by atoms with van der Waals surface area (Å²) in [7, 11) is 1.64. The van der Waals surface area contributed by atoms with Crippen LogP contribution in [0.2, 0.25) is 0 Å². The van der Waals surface area contributed by atoms with E-state index in [4.69, 9.17) is 0 Å². The van der Waals surface area contributed by atoms with E-state index < -0.39 is 0 Å². The van der Waals surface area contributed by atoms with E-state index in [0.717, 1.165) is 18.4 Å². The average Bonchev–Trinajstić information content (AvgIpc) is 1.98. The standard InChI is InChI=1S/C8H15NO/c1-4-5-6-7(2)8(10)9-3/h6H,4-5H2,1-3H3,(H,9,10)/b7-6+. The molecule has 0 unspecified atom stereocenters. The van der Waals surface area contributed by atoms with Crippen molar-refractivity contribution in [3.8, 4) is 0 Å². The predicted molar refractivity (Wildman–Crippen MR) is 42.7 cm³/mol. The topological polar surface area (TPSA) is 29.1 Å². The molecule has 0 aromatic rings. The number of unbranched alkanes of at least 4 members (excludes halogenated alkanes) is 1. The van der Waals surface area contributed by atoms with Crippen molar-refractivity contribution in [1.29, 1.82) is 0 Å². The quantitative estimate of drug-likeness (QED) is 0.592. The second-order valence-corrected chi connectivity index (χ2v) is 2.25. The van der Waals surface area contributed by atoms with E-state index in [-0.39, 0.29) is 5.91 Å². The molecule has 0 aromatic heterocycles. The van der Waals surface area contributed by atoms with Gasteiger partial charge in [-0.05, 0) is 13.3 Å². The van der Waals surface area contributed by atoms with Crippen LogP contribution in [0.4, 0.5) is 0 Å².